The van der Waals surface area contributed by atoms with Crippen molar-refractivity contribution in [2.24, 2.45) is 10.7 Å². The summed E-state index contributed by atoms with van der Waals surface area (Å²) in [5.41, 5.74) is 6.91. The molecule has 0 fully saturated rings. The van der Waals surface area contributed by atoms with E-state index in [2.05, 4.69) is 20.5 Å². The largest absolute Gasteiger partial charge is 0.508 e. The van der Waals surface area contributed by atoms with Crippen molar-refractivity contribution >= 4 is 41.0 Å². The molecule has 5 N–H and O–H groups in total. The number of aromatic nitrogens is 2. The Bertz CT molecular complexity index is 934. The Morgan fingerprint density at radius 3 is 2.64 bits per heavy atom. The molecule has 0 aliphatic heterocycles. The van der Waals surface area contributed by atoms with Crippen LogP contribution in [0.1, 0.15) is 15.9 Å². The van der Waals surface area contributed by atoms with Crippen LogP contribution in [-0.2, 0) is 0 Å². The number of para-hydroxylation sites is 1. The molecule has 7 nitrogen and oxygen atoms in total. The maximum absolute atomic E-state index is 11.8. The highest BCUT2D eigenvalue weighted by Gasteiger charge is 2.18. The minimum atomic E-state index is -0.679. The number of amides is 1. The molecule has 1 heterocycles. The molecular formula is C17H14ClN5O2. The van der Waals surface area contributed by atoms with Crippen LogP contribution in [0.3, 0.4) is 0 Å². The Morgan fingerprint density at radius 1 is 1.24 bits per heavy atom. The minimum Gasteiger partial charge on any atom is -0.508 e. The van der Waals surface area contributed by atoms with Crippen LogP contribution in [0.5, 0.6) is 5.75 Å². The summed E-state index contributed by atoms with van der Waals surface area (Å²) in [5, 5.41) is 19.5. The van der Waals surface area contributed by atoms with Crippen molar-refractivity contribution in [1.82, 2.24) is 10.2 Å². The molecule has 0 bridgehead atoms. The number of phenols is 1. The van der Waals surface area contributed by atoms with E-state index in [1.54, 1.807) is 36.4 Å². The number of nitrogens with one attached hydrogen (secondary N) is 2. The van der Waals surface area contributed by atoms with E-state index in [9.17, 15) is 9.90 Å². The van der Waals surface area contributed by atoms with Gasteiger partial charge in [-0.25, -0.2) is 4.99 Å². The van der Waals surface area contributed by atoms with Gasteiger partial charge in [-0.3, -0.25) is 9.89 Å². The van der Waals surface area contributed by atoms with E-state index in [0.717, 1.165) is 5.56 Å². The summed E-state index contributed by atoms with van der Waals surface area (Å²) in [7, 11) is 0. The summed E-state index contributed by atoms with van der Waals surface area (Å²) >= 11 is 6.10. The van der Waals surface area contributed by atoms with Crippen LogP contribution >= 0.6 is 11.6 Å². The monoisotopic (exact) mass is 355 g/mol. The first-order valence-electron chi connectivity index (χ1n) is 7.27. The fourth-order valence-electron chi connectivity index (χ4n) is 2.14. The van der Waals surface area contributed by atoms with Gasteiger partial charge in [0.1, 0.15) is 11.3 Å². The molecule has 1 amide bonds. The highest BCUT2D eigenvalue weighted by molar-refractivity contribution is 6.33. The molecule has 8 heteroatoms. The maximum atomic E-state index is 11.8. The maximum Gasteiger partial charge on any atom is 0.256 e. The second kappa shape index (κ2) is 7.06. The van der Waals surface area contributed by atoms with E-state index in [0.29, 0.717) is 10.7 Å². The van der Waals surface area contributed by atoms with Gasteiger partial charge in [-0.05, 0) is 42.0 Å². The van der Waals surface area contributed by atoms with Crippen LogP contribution in [0, 0.1) is 0 Å². The molecule has 0 spiro atoms. The Kier molecular flexibility index (Phi) is 4.67. The van der Waals surface area contributed by atoms with Crippen LogP contribution in [0.15, 0.2) is 53.5 Å². The molecule has 0 saturated carbocycles. The molecule has 0 unspecified atom stereocenters. The number of benzene rings is 2. The second-order valence-corrected chi connectivity index (χ2v) is 5.52. The zero-order chi connectivity index (χ0) is 17.8. The molecule has 2 aromatic carbocycles. The number of rotatable bonds is 5. The topological polar surface area (TPSA) is 116 Å². The summed E-state index contributed by atoms with van der Waals surface area (Å²) in [6, 6.07) is 13.5. The average molecular weight is 356 g/mol. The number of aromatic amines is 1. The fourth-order valence-corrected chi connectivity index (χ4v) is 2.32. The number of carbonyl (C=O) groups is 1. The zero-order valence-corrected chi connectivity index (χ0v) is 13.7. The zero-order valence-electron chi connectivity index (χ0n) is 12.9. The van der Waals surface area contributed by atoms with Crippen LogP contribution in [-0.4, -0.2) is 27.4 Å². The molecule has 25 heavy (non-hydrogen) atoms. The summed E-state index contributed by atoms with van der Waals surface area (Å²) < 4.78 is 0. The summed E-state index contributed by atoms with van der Waals surface area (Å²) in [6.45, 7) is 0. The van der Waals surface area contributed by atoms with Crippen molar-refractivity contribution < 1.29 is 9.90 Å². The standard InChI is InChI=1S/C17H14ClN5O2/c18-12-3-1-2-4-13(12)21-17-14(15(19)25)16(22-23-17)20-9-10-5-7-11(24)8-6-10/h1-9,24H,(H2,19,25)(H2,21,22,23)/b20-9+. The van der Waals surface area contributed by atoms with Gasteiger partial charge in [-0.1, -0.05) is 23.7 Å². The number of halogens is 1. The lowest BCUT2D eigenvalue weighted by Crippen LogP contribution is -2.12. The normalized spacial score (nSPS) is 10.9. The molecule has 0 saturated heterocycles. The third kappa shape index (κ3) is 3.78. The molecular weight excluding hydrogens is 342 g/mol. The predicted octanol–water partition coefficient (Wildman–Crippen LogP) is 3.36. The molecule has 1 aromatic heterocycles. The van der Waals surface area contributed by atoms with Gasteiger partial charge >= 0.3 is 0 Å². The Labute approximate surface area is 148 Å². The highest BCUT2D eigenvalue weighted by atomic mass is 35.5. The lowest BCUT2D eigenvalue weighted by atomic mass is 10.2. The lowest BCUT2D eigenvalue weighted by Gasteiger charge is -2.06. The molecule has 3 aromatic rings. The first-order valence-corrected chi connectivity index (χ1v) is 7.65. The van der Waals surface area contributed by atoms with Gasteiger partial charge in [0.2, 0.25) is 0 Å². The van der Waals surface area contributed by atoms with Crippen molar-refractivity contribution in [3.8, 4) is 5.75 Å². The van der Waals surface area contributed by atoms with E-state index in [4.69, 9.17) is 17.3 Å². The van der Waals surface area contributed by atoms with Crippen molar-refractivity contribution in [3.63, 3.8) is 0 Å². The van der Waals surface area contributed by atoms with E-state index in [-0.39, 0.29) is 22.9 Å². The number of primary amides is 1. The molecule has 3 rings (SSSR count). The third-order valence-electron chi connectivity index (χ3n) is 3.36. The van der Waals surface area contributed by atoms with Crippen LogP contribution in [0.4, 0.5) is 17.3 Å². The number of H-pyrrole nitrogens is 1. The number of aliphatic imine (C=N–C) groups is 1. The van der Waals surface area contributed by atoms with Gasteiger partial charge in [0, 0.05) is 6.21 Å². The number of carbonyl (C=O) groups excluding carboxylic acids is 1. The number of hydrogen-bond acceptors (Lipinski definition) is 5. The molecule has 0 aliphatic rings. The van der Waals surface area contributed by atoms with Crippen molar-refractivity contribution in [2.75, 3.05) is 5.32 Å². The minimum absolute atomic E-state index is 0.120. The Balaban J connectivity index is 1.91. The Morgan fingerprint density at radius 2 is 1.96 bits per heavy atom. The number of nitrogens with two attached hydrogens (primary N) is 1. The van der Waals surface area contributed by atoms with Crippen LogP contribution in [0.2, 0.25) is 5.02 Å². The molecule has 0 atom stereocenters. The quantitative estimate of drug-likeness (QED) is 0.525. The van der Waals surface area contributed by atoms with Crippen LogP contribution in [0.25, 0.3) is 0 Å². The third-order valence-corrected chi connectivity index (χ3v) is 3.69. The summed E-state index contributed by atoms with van der Waals surface area (Å²) in [4.78, 5) is 16.0. The number of anilines is 2. The molecule has 0 aliphatic carbocycles. The predicted molar refractivity (Wildman–Crippen MR) is 97.2 cm³/mol. The summed E-state index contributed by atoms with van der Waals surface area (Å²) in [6.07, 6.45) is 1.53. The van der Waals surface area contributed by atoms with Crippen molar-refractivity contribution in [1.29, 1.82) is 0 Å². The van der Waals surface area contributed by atoms with E-state index in [1.165, 1.54) is 18.3 Å². The smallest absolute Gasteiger partial charge is 0.256 e. The lowest BCUT2D eigenvalue weighted by molar-refractivity contribution is 0.100. The molecule has 0 radical (unpaired) electrons. The first kappa shape index (κ1) is 16.5. The van der Waals surface area contributed by atoms with Gasteiger partial charge < -0.3 is 16.2 Å². The van der Waals surface area contributed by atoms with Crippen molar-refractivity contribution in [2.45, 2.75) is 0 Å². The average Bonchev–Trinajstić information content (AvgIpc) is 2.99. The Hall–Kier alpha value is -3.32. The molecule has 126 valence electrons. The van der Waals surface area contributed by atoms with Crippen LogP contribution < -0.4 is 11.1 Å². The second-order valence-electron chi connectivity index (χ2n) is 5.11. The van der Waals surface area contributed by atoms with Gasteiger partial charge in [0.15, 0.2) is 11.6 Å². The van der Waals surface area contributed by atoms with E-state index >= 15 is 0 Å². The van der Waals surface area contributed by atoms with Crippen molar-refractivity contribution in [3.05, 3.63) is 64.7 Å². The van der Waals surface area contributed by atoms with Gasteiger partial charge in [0.25, 0.3) is 5.91 Å². The van der Waals surface area contributed by atoms with Gasteiger partial charge in [-0.2, -0.15) is 5.10 Å². The van der Waals surface area contributed by atoms with Gasteiger partial charge in [-0.15, -0.1) is 0 Å². The number of phenolic OH excluding ortho intramolecular Hbond substituents is 1. The first-order chi connectivity index (χ1) is 12.0. The van der Waals surface area contributed by atoms with E-state index < -0.39 is 5.91 Å². The number of nitrogens with zero attached hydrogens (tertiary/aromatic N) is 2. The summed E-state index contributed by atoms with van der Waals surface area (Å²) in [5.74, 6) is -0.0718. The van der Waals surface area contributed by atoms with E-state index in [1.807, 2.05) is 0 Å². The highest BCUT2D eigenvalue weighted by Crippen LogP contribution is 2.29. The number of aromatic hydroxyl groups is 1. The van der Waals surface area contributed by atoms with Gasteiger partial charge in [0.05, 0.1) is 10.7 Å². The fraction of sp³-hybridized carbons (Fsp3) is 0. The SMILES string of the molecule is NC(=O)c1c(Nc2ccccc2Cl)n[nH]c1/N=C/c1ccc(O)cc1. The number of hydrogen-bond donors (Lipinski definition) is 4.